The van der Waals surface area contributed by atoms with Crippen LogP contribution in [0.3, 0.4) is 0 Å². The highest BCUT2D eigenvalue weighted by Crippen LogP contribution is 2.20. The summed E-state index contributed by atoms with van der Waals surface area (Å²) in [5, 5.41) is 11.4. The van der Waals surface area contributed by atoms with Gasteiger partial charge in [-0.05, 0) is 18.6 Å². The Morgan fingerprint density at radius 2 is 2.31 bits per heavy atom. The number of nitrogens with one attached hydrogen (secondary N) is 1. The zero-order chi connectivity index (χ0) is 12.0. The fraction of sp³-hybridized carbons (Fsp3) is 0.455. The van der Waals surface area contributed by atoms with Crippen molar-refractivity contribution >= 4 is 17.4 Å². The Kier molecular flexibility index (Phi) is 4.72. The summed E-state index contributed by atoms with van der Waals surface area (Å²) in [6, 6.07) is 3.58. The lowest BCUT2D eigenvalue weighted by Crippen LogP contribution is -2.17. The summed E-state index contributed by atoms with van der Waals surface area (Å²) in [7, 11) is 3.73. The third kappa shape index (κ3) is 3.51. The van der Waals surface area contributed by atoms with Crippen LogP contribution in [-0.2, 0) is 4.79 Å². The van der Waals surface area contributed by atoms with Gasteiger partial charge < -0.3 is 15.3 Å². The van der Waals surface area contributed by atoms with E-state index in [2.05, 4.69) is 10.3 Å². The molecule has 1 rings (SSSR count). The maximum atomic E-state index is 11.5. The van der Waals surface area contributed by atoms with Crippen LogP contribution in [0.2, 0.25) is 0 Å². The molecular weight excluding hydrogens is 206 g/mol. The second-order valence-corrected chi connectivity index (χ2v) is 3.64. The van der Waals surface area contributed by atoms with Gasteiger partial charge in [-0.15, -0.1) is 0 Å². The lowest BCUT2D eigenvalue weighted by molar-refractivity contribution is -0.116. The van der Waals surface area contributed by atoms with Gasteiger partial charge in [0.05, 0.1) is 5.69 Å². The van der Waals surface area contributed by atoms with E-state index in [1.165, 1.54) is 0 Å². The van der Waals surface area contributed by atoms with Crippen LogP contribution in [0.5, 0.6) is 0 Å². The van der Waals surface area contributed by atoms with Crippen molar-refractivity contribution in [2.24, 2.45) is 0 Å². The molecule has 1 aromatic rings. The van der Waals surface area contributed by atoms with E-state index in [0.717, 1.165) is 5.82 Å². The summed E-state index contributed by atoms with van der Waals surface area (Å²) in [5.74, 6) is 0.616. The normalized spacial score (nSPS) is 9.94. The lowest BCUT2D eigenvalue weighted by Gasteiger charge is -2.16. The molecule has 0 fully saturated rings. The standard InChI is InChI=1S/C11H17N3O2/c1-14(2)11-9(5-3-7-12-11)13-10(16)6-4-8-15/h3,5,7,15H,4,6,8H2,1-2H3,(H,13,16). The van der Waals surface area contributed by atoms with Crippen LogP contribution in [0.15, 0.2) is 18.3 Å². The van der Waals surface area contributed by atoms with Gasteiger partial charge in [-0.25, -0.2) is 4.98 Å². The minimum Gasteiger partial charge on any atom is -0.396 e. The van der Waals surface area contributed by atoms with E-state index in [9.17, 15) is 4.79 Å². The second kappa shape index (κ2) is 6.07. The molecule has 88 valence electrons. The van der Waals surface area contributed by atoms with Gasteiger partial charge in [0.15, 0.2) is 5.82 Å². The minimum atomic E-state index is -0.106. The number of amides is 1. The van der Waals surface area contributed by atoms with Crippen molar-refractivity contribution in [3.63, 3.8) is 0 Å². The second-order valence-electron chi connectivity index (χ2n) is 3.64. The first-order valence-electron chi connectivity index (χ1n) is 5.18. The molecule has 0 spiro atoms. The first-order valence-corrected chi connectivity index (χ1v) is 5.18. The molecule has 16 heavy (non-hydrogen) atoms. The molecule has 0 saturated heterocycles. The number of anilines is 2. The molecule has 1 aromatic heterocycles. The van der Waals surface area contributed by atoms with Crippen molar-refractivity contribution in [1.82, 2.24) is 4.98 Å². The molecular formula is C11H17N3O2. The Morgan fingerprint density at radius 3 is 2.94 bits per heavy atom. The maximum Gasteiger partial charge on any atom is 0.224 e. The van der Waals surface area contributed by atoms with Crippen molar-refractivity contribution in [3.8, 4) is 0 Å². The van der Waals surface area contributed by atoms with Gasteiger partial charge in [0, 0.05) is 33.3 Å². The molecule has 0 aliphatic heterocycles. The molecule has 1 amide bonds. The molecule has 0 aliphatic rings. The van der Waals surface area contributed by atoms with Gasteiger partial charge in [0.2, 0.25) is 5.91 Å². The molecule has 5 nitrogen and oxygen atoms in total. The van der Waals surface area contributed by atoms with E-state index >= 15 is 0 Å². The van der Waals surface area contributed by atoms with Crippen molar-refractivity contribution in [3.05, 3.63) is 18.3 Å². The van der Waals surface area contributed by atoms with Crippen LogP contribution in [0.25, 0.3) is 0 Å². The molecule has 0 unspecified atom stereocenters. The summed E-state index contributed by atoms with van der Waals surface area (Å²) in [6.07, 6.45) is 2.47. The Labute approximate surface area is 95.1 Å². The van der Waals surface area contributed by atoms with Gasteiger partial charge in [-0.1, -0.05) is 0 Å². The monoisotopic (exact) mass is 223 g/mol. The maximum absolute atomic E-state index is 11.5. The predicted molar refractivity (Wildman–Crippen MR) is 63.5 cm³/mol. The van der Waals surface area contributed by atoms with E-state index in [4.69, 9.17) is 5.11 Å². The largest absolute Gasteiger partial charge is 0.396 e. The molecule has 0 saturated carbocycles. The number of rotatable bonds is 5. The molecule has 0 bridgehead atoms. The number of pyridine rings is 1. The van der Waals surface area contributed by atoms with Gasteiger partial charge in [0.25, 0.3) is 0 Å². The third-order valence-corrected chi connectivity index (χ3v) is 2.05. The van der Waals surface area contributed by atoms with Crippen molar-refractivity contribution in [2.75, 3.05) is 30.9 Å². The SMILES string of the molecule is CN(C)c1ncccc1NC(=O)CCCO. The van der Waals surface area contributed by atoms with E-state index in [1.807, 2.05) is 19.0 Å². The fourth-order valence-electron chi connectivity index (χ4n) is 1.30. The number of hydrogen-bond acceptors (Lipinski definition) is 4. The van der Waals surface area contributed by atoms with Gasteiger partial charge in [0.1, 0.15) is 0 Å². The molecule has 0 aliphatic carbocycles. The fourth-order valence-corrected chi connectivity index (χ4v) is 1.30. The highest BCUT2D eigenvalue weighted by Gasteiger charge is 2.08. The number of carbonyl (C=O) groups is 1. The van der Waals surface area contributed by atoms with Gasteiger partial charge in [-0.3, -0.25) is 4.79 Å². The molecule has 0 radical (unpaired) electrons. The van der Waals surface area contributed by atoms with E-state index in [0.29, 0.717) is 18.5 Å². The number of nitrogens with zero attached hydrogens (tertiary/aromatic N) is 2. The summed E-state index contributed by atoms with van der Waals surface area (Å²) < 4.78 is 0. The predicted octanol–water partition coefficient (Wildman–Crippen LogP) is 0.859. The summed E-state index contributed by atoms with van der Waals surface area (Å²) in [4.78, 5) is 17.5. The average Bonchev–Trinajstić information content (AvgIpc) is 2.27. The summed E-state index contributed by atoms with van der Waals surface area (Å²) >= 11 is 0. The Morgan fingerprint density at radius 1 is 1.56 bits per heavy atom. The van der Waals surface area contributed by atoms with Gasteiger partial charge >= 0.3 is 0 Å². The number of aromatic nitrogens is 1. The zero-order valence-electron chi connectivity index (χ0n) is 9.60. The summed E-state index contributed by atoms with van der Waals surface area (Å²) in [5.41, 5.74) is 0.690. The quantitative estimate of drug-likeness (QED) is 0.777. The van der Waals surface area contributed by atoms with Crippen molar-refractivity contribution < 1.29 is 9.90 Å². The smallest absolute Gasteiger partial charge is 0.224 e. The summed E-state index contributed by atoms with van der Waals surface area (Å²) in [6.45, 7) is 0.0288. The highest BCUT2D eigenvalue weighted by atomic mass is 16.3. The van der Waals surface area contributed by atoms with Crippen LogP contribution >= 0.6 is 0 Å². The Bertz CT molecular complexity index is 353. The number of aliphatic hydroxyl groups is 1. The van der Waals surface area contributed by atoms with Crippen LogP contribution in [0.4, 0.5) is 11.5 Å². The zero-order valence-corrected chi connectivity index (χ0v) is 9.60. The average molecular weight is 223 g/mol. The van der Waals surface area contributed by atoms with E-state index in [-0.39, 0.29) is 12.5 Å². The Hall–Kier alpha value is -1.62. The van der Waals surface area contributed by atoms with Crippen LogP contribution in [-0.4, -0.2) is 36.7 Å². The molecule has 0 atom stereocenters. The molecule has 2 N–H and O–H groups in total. The Balaban J connectivity index is 2.69. The van der Waals surface area contributed by atoms with E-state index < -0.39 is 0 Å². The first-order chi connectivity index (χ1) is 7.65. The number of carbonyl (C=O) groups excluding carboxylic acids is 1. The third-order valence-electron chi connectivity index (χ3n) is 2.05. The number of aliphatic hydroxyl groups excluding tert-OH is 1. The minimum absolute atomic E-state index is 0.0288. The highest BCUT2D eigenvalue weighted by molar-refractivity contribution is 5.93. The van der Waals surface area contributed by atoms with Crippen LogP contribution in [0.1, 0.15) is 12.8 Å². The topological polar surface area (TPSA) is 65.5 Å². The first kappa shape index (κ1) is 12.4. The molecule has 5 heteroatoms. The van der Waals surface area contributed by atoms with Crippen molar-refractivity contribution in [1.29, 1.82) is 0 Å². The lowest BCUT2D eigenvalue weighted by atomic mass is 10.3. The molecule has 1 heterocycles. The van der Waals surface area contributed by atoms with Crippen LogP contribution in [0, 0.1) is 0 Å². The van der Waals surface area contributed by atoms with E-state index in [1.54, 1.807) is 18.3 Å². The van der Waals surface area contributed by atoms with Crippen LogP contribution < -0.4 is 10.2 Å². The van der Waals surface area contributed by atoms with Gasteiger partial charge in [-0.2, -0.15) is 0 Å². The number of hydrogen-bond donors (Lipinski definition) is 2. The van der Waals surface area contributed by atoms with Crippen molar-refractivity contribution in [2.45, 2.75) is 12.8 Å². The molecule has 0 aromatic carbocycles.